The van der Waals surface area contributed by atoms with Crippen molar-refractivity contribution in [3.05, 3.63) is 23.3 Å². The molecule has 0 spiro atoms. The van der Waals surface area contributed by atoms with Gasteiger partial charge in [-0.2, -0.15) is 0 Å². The van der Waals surface area contributed by atoms with Gasteiger partial charge in [0.2, 0.25) is 0 Å². The number of phenols is 2. The van der Waals surface area contributed by atoms with Crippen LogP contribution in [0.3, 0.4) is 0 Å². The lowest BCUT2D eigenvalue weighted by molar-refractivity contribution is 0.367. The van der Waals surface area contributed by atoms with E-state index in [9.17, 15) is 10.2 Å². The van der Waals surface area contributed by atoms with Gasteiger partial charge in [0.15, 0.2) is 11.5 Å². The van der Waals surface area contributed by atoms with Gasteiger partial charge in [-0.1, -0.05) is 13.0 Å². The van der Waals surface area contributed by atoms with E-state index in [4.69, 9.17) is 0 Å². The molecule has 0 aromatic heterocycles. The van der Waals surface area contributed by atoms with Crippen LogP contribution < -0.4 is 0 Å². The lowest BCUT2D eigenvalue weighted by Crippen LogP contribution is -2.11. The van der Waals surface area contributed by atoms with Crippen molar-refractivity contribution in [2.45, 2.75) is 19.9 Å². The third kappa shape index (κ3) is 2.39. The van der Waals surface area contributed by atoms with Crippen LogP contribution in [-0.2, 0) is 13.0 Å². The quantitative estimate of drug-likeness (QED) is 0.722. The molecule has 1 aromatic carbocycles. The summed E-state index contributed by atoms with van der Waals surface area (Å²) in [5.74, 6) is -0.0305. The predicted molar refractivity (Wildman–Crippen MR) is 56.5 cm³/mol. The number of rotatable bonds is 3. The number of phenolic OH excluding ortho intramolecular Hbond substituents is 2. The van der Waals surface area contributed by atoms with Gasteiger partial charge >= 0.3 is 0 Å². The zero-order valence-electron chi connectivity index (χ0n) is 8.91. The van der Waals surface area contributed by atoms with Crippen molar-refractivity contribution < 1.29 is 10.2 Å². The summed E-state index contributed by atoms with van der Waals surface area (Å²) in [6.07, 6.45) is 0.855. The Morgan fingerprint density at radius 2 is 1.86 bits per heavy atom. The van der Waals surface area contributed by atoms with Crippen LogP contribution in [0.2, 0.25) is 0 Å². The van der Waals surface area contributed by atoms with Gasteiger partial charge in [-0.05, 0) is 32.1 Å². The van der Waals surface area contributed by atoms with Gasteiger partial charge in [0.05, 0.1) is 0 Å². The van der Waals surface area contributed by atoms with Crippen molar-refractivity contribution in [3.8, 4) is 11.5 Å². The molecule has 3 nitrogen and oxygen atoms in total. The molecule has 0 radical (unpaired) electrons. The van der Waals surface area contributed by atoms with Crippen LogP contribution >= 0.6 is 0 Å². The van der Waals surface area contributed by atoms with Gasteiger partial charge in [-0.3, -0.25) is 0 Å². The van der Waals surface area contributed by atoms with E-state index in [0.717, 1.165) is 17.5 Å². The predicted octanol–water partition coefficient (Wildman–Crippen LogP) is 1.72. The molecule has 78 valence electrons. The fourth-order valence-electron chi connectivity index (χ4n) is 1.41. The minimum Gasteiger partial charge on any atom is -0.504 e. The first kappa shape index (κ1) is 10.9. The minimum absolute atomic E-state index is 0.00380. The van der Waals surface area contributed by atoms with Crippen molar-refractivity contribution >= 4 is 0 Å². The third-order valence-corrected chi connectivity index (χ3v) is 2.12. The van der Waals surface area contributed by atoms with E-state index in [2.05, 4.69) is 0 Å². The second-order valence-electron chi connectivity index (χ2n) is 3.71. The van der Waals surface area contributed by atoms with E-state index < -0.39 is 0 Å². The van der Waals surface area contributed by atoms with E-state index in [1.807, 2.05) is 32.0 Å². The molecule has 0 atom stereocenters. The monoisotopic (exact) mass is 195 g/mol. The van der Waals surface area contributed by atoms with Gasteiger partial charge in [0.25, 0.3) is 0 Å². The summed E-state index contributed by atoms with van der Waals surface area (Å²) >= 11 is 0. The van der Waals surface area contributed by atoms with Crippen molar-refractivity contribution in [3.63, 3.8) is 0 Å². The second-order valence-corrected chi connectivity index (χ2v) is 3.71. The SMILES string of the molecule is CCc1cc(O)c(O)c(CN(C)C)c1. The highest BCUT2D eigenvalue weighted by Crippen LogP contribution is 2.31. The van der Waals surface area contributed by atoms with Crippen LogP contribution in [0.5, 0.6) is 11.5 Å². The van der Waals surface area contributed by atoms with Gasteiger partial charge in [0, 0.05) is 12.1 Å². The molecule has 1 aromatic rings. The largest absolute Gasteiger partial charge is 0.504 e. The normalized spacial score (nSPS) is 10.9. The van der Waals surface area contributed by atoms with Crippen molar-refractivity contribution in [1.82, 2.24) is 4.90 Å². The van der Waals surface area contributed by atoms with Crippen molar-refractivity contribution in [2.75, 3.05) is 14.1 Å². The molecule has 0 saturated heterocycles. The Morgan fingerprint density at radius 3 is 2.36 bits per heavy atom. The fourth-order valence-corrected chi connectivity index (χ4v) is 1.41. The molecule has 0 heterocycles. The summed E-state index contributed by atoms with van der Waals surface area (Å²) in [5.41, 5.74) is 1.81. The molecule has 3 heteroatoms. The lowest BCUT2D eigenvalue weighted by atomic mass is 10.1. The molecule has 0 bridgehead atoms. The van der Waals surface area contributed by atoms with Crippen molar-refractivity contribution in [2.24, 2.45) is 0 Å². The Hall–Kier alpha value is -1.22. The molecule has 0 amide bonds. The number of nitrogens with zero attached hydrogens (tertiary/aromatic N) is 1. The van der Waals surface area contributed by atoms with E-state index in [-0.39, 0.29) is 11.5 Å². The molecule has 0 aliphatic rings. The van der Waals surface area contributed by atoms with Gasteiger partial charge in [-0.25, -0.2) is 0 Å². The second kappa shape index (κ2) is 4.33. The summed E-state index contributed by atoms with van der Waals surface area (Å²) in [6, 6.07) is 3.53. The van der Waals surface area contributed by atoms with E-state index in [1.54, 1.807) is 6.07 Å². The maximum Gasteiger partial charge on any atom is 0.162 e. The topological polar surface area (TPSA) is 43.7 Å². The molecule has 0 aliphatic carbocycles. The maximum absolute atomic E-state index is 9.59. The lowest BCUT2D eigenvalue weighted by Gasteiger charge is -2.13. The summed E-state index contributed by atoms with van der Waals surface area (Å²) in [6.45, 7) is 2.65. The fraction of sp³-hybridized carbons (Fsp3) is 0.455. The Bertz CT molecular complexity index is 321. The van der Waals surface area contributed by atoms with Crippen LogP contribution in [-0.4, -0.2) is 29.2 Å². The summed E-state index contributed by atoms with van der Waals surface area (Å²) in [5, 5.41) is 19.0. The van der Waals surface area contributed by atoms with Crippen LogP contribution in [0.25, 0.3) is 0 Å². The Labute approximate surface area is 84.6 Å². The number of aromatic hydroxyl groups is 2. The first-order chi connectivity index (χ1) is 6.54. The molecular formula is C11H17NO2. The van der Waals surface area contributed by atoms with Crippen LogP contribution in [0, 0.1) is 0 Å². The third-order valence-electron chi connectivity index (χ3n) is 2.12. The average Bonchev–Trinajstić information content (AvgIpc) is 2.11. The highest BCUT2D eigenvalue weighted by Gasteiger charge is 2.08. The van der Waals surface area contributed by atoms with E-state index in [0.29, 0.717) is 6.54 Å². The molecule has 14 heavy (non-hydrogen) atoms. The molecule has 0 saturated carbocycles. The average molecular weight is 195 g/mol. The van der Waals surface area contributed by atoms with Crippen LogP contribution in [0.1, 0.15) is 18.1 Å². The molecule has 0 fully saturated rings. The highest BCUT2D eigenvalue weighted by molar-refractivity contribution is 5.47. The standard InChI is InChI=1S/C11H17NO2/c1-4-8-5-9(7-12(2)3)11(14)10(13)6-8/h5-6,13-14H,4,7H2,1-3H3. The molecule has 1 rings (SSSR count). The molecule has 0 unspecified atom stereocenters. The number of hydrogen-bond acceptors (Lipinski definition) is 3. The number of benzene rings is 1. The zero-order chi connectivity index (χ0) is 10.7. The summed E-state index contributed by atoms with van der Waals surface area (Å²) in [7, 11) is 3.85. The van der Waals surface area contributed by atoms with Crippen molar-refractivity contribution in [1.29, 1.82) is 0 Å². The molecule has 2 N–H and O–H groups in total. The minimum atomic E-state index is -0.0267. The Morgan fingerprint density at radius 1 is 1.21 bits per heavy atom. The zero-order valence-corrected chi connectivity index (χ0v) is 8.91. The van der Waals surface area contributed by atoms with E-state index in [1.165, 1.54) is 0 Å². The molecule has 0 aliphatic heterocycles. The summed E-state index contributed by atoms with van der Waals surface area (Å²) in [4.78, 5) is 1.95. The first-order valence-electron chi connectivity index (χ1n) is 4.73. The summed E-state index contributed by atoms with van der Waals surface area (Å²) < 4.78 is 0. The number of hydrogen-bond donors (Lipinski definition) is 2. The van der Waals surface area contributed by atoms with E-state index >= 15 is 0 Å². The van der Waals surface area contributed by atoms with Gasteiger partial charge < -0.3 is 15.1 Å². The molecular weight excluding hydrogens is 178 g/mol. The maximum atomic E-state index is 9.59. The highest BCUT2D eigenvalue weighted by atomic mass is 16.3. The van der Waals surface area contributed by atoms with Crippen LogP contribution in [0.4, 0.5) is 0 Å². The Kier molecular flexibility index (Phi) is 3.36. The Balaban J connectivity index is 3.07. The van der Waals surface area contributed by atoms with Gasteiger partial charge in [-0.15, -0.1) is 0 Å². The smallest absolute Gasteiger partial charge is 0.162 e. The van der Waals surface area contributed by atoms with Crippen LogP contribution in [0.15, 0.2) is 12.1 Å². The first-order valence-corrected chi connectivity index (χ1v) is 4.73. The van der Waals surface area contributed by atoms with Gasteiger partial charge in [0.1, 0.15) is 0 Å². The number of aryl methyl sites for hydroxylation is 1.